The molecule has 0 bridgehead atoms. The van der Waals surface area contributed by atoms with Gasteiger partial charge in [-0.3, -0.25) is 4.79 Å². The number of hydrogen-bond donors (Lipinski definition) is 2. The van der Waals surface area contributed by atoms with Crippen molar-refractivity contribution < 1.29 is 15.0 Å². The Morgan fingerprint density at radius 3 is 2.79 bits per heavy atom. The lowest BCUT2D eigenvalue weighted by molar-refractivity contribution is -0.139. The van der Waals surface area contributed by atoms with Crippen molar-refractivity contribution in [2.75, 3.05) is 0 Å². The number of hydrogen-bond acceptors (Lipinski definition) is 2. The molecule has 0 fully saturated rings. The summed E-state index contributed by atoms with van der Waals surface area (Å²) in [5.41, 5.74) is 0.420. The number of halogens is 2. The molecule has 0 aliphatic carbocycles. The zero-order valence-electron chi connectivity index (χ0n) is 7.08. The summed E-state index contributed by atoms with van der Waals surface area (Å²) in [6, 6.07) is 4.93. The van der Waals surface area contributed by atoms with Crippen LogP contribution in [0.5, 0.6) is 0 Å². The second kappa shape index (κ2) is 4.77. The molecular formula is C9H8BrClO3. The summed E-state index contributed by atoms with van der Waals surface area (Å²) < 4.78 is 0.751. The van der Waals surface area contributed by atoms with Gasteiger partial charge >= 0.3 is 5.97 Å². The lowest BCUT2D eigenvalue weighted by atomic mass is 10.1. The van der Waals surface area contributed by atoms with Crippen LogP contribution in [0.4, 0.5) is 0 Å². The number of carboxylic acids is 1. The molecule has 0 aliphatic rings. The molecule has 3 nitrogen and oxygen atoms in total. The molecule has 76 valence electrons. The smallest absolute Gasteiger partial charge is 0.306 e. The van der Waals surface area contributed by atoms with E-state index in [0.29, 0.717) is 10.6 Å². The van der Waals surface area contributed by atoms with Crippen LogP contribution in [0.3, 0.4) is 0 Å². The molecule has 0 heterocycles. The summed E-state index contributed by atoms with van der Waals surface area (Å²) in [5, 5.41) is 18.4. The molecular weight excluding hydrogens is 271 g/mol. The number of carbonyl (C=O) groups is 1. The predicted octanol–water partition coefficient (Wildman–Crippen LogP) is 2.61. The molecule has 0 spiro atoms. The zero-order valence-corrected chi connectivity index (χ0v) is 9.42. The van der Waals surface area contributed by atoms with Gasteiger partial charge in [0.05, 0.1) is 12.5 Å². The Bertz CT molecular complexity index is 354. The summed E-state index contributed by atoms with van der Waals surface area (Å²) in [6.07, 6.45) is -1.42. The summed E-state index contributed by atoms with van der Waals surface area (Å²) in [5.74, 6) is -1.06. The van der Waals surface area contributed by atoms with E-state index in [-0.39, 0.29) is 6.42 Å². The van der Waals surface area contributed by atoms with Gasteiger partial charge in [0.15, 0.2) is 0 Å². The molecule has 1 rings (SSSR count). The Morgan fingerprint density at radius 2 is 2.21 bits per heavy atom. The first kappa shape index (κ1) is 11.5. The highest BCUT2D eigenvalue weighted by atomic mass is 79.9. The van der Waals surface area contributed by atoms with Crippen molar-refractivity contribution in [2.45, 2.75) is 12.5 Å². The number of carboxylic acid groups (broad SMARTS) is 1. The third kappa shape index (κ3) is 2.97. The van der Waals surface area contributed by atoms with E-state index in [0.717, 1.165) is 4.47 Å². The standard InChI is InChI=1S/C9H8BrClO3/c10-5-1-2-7(11)6(3-5)8(12)4-9(13)14/h1-3,8,12H,4H2,(H,13,14)/t8-/m1/s1. The van der Waals surface area contributed by atoms with Crippen molar-refractivity contribution in [2.24, 2.45) is 0 Å². The predicted molar refractivity (Wildman–Crippen MR) is 56.4 cm³/mol. The Hall–Kier alpha value is -0.580. The van der Waals surface area contributed by atoms with E-state index in [1.807, 2.05) is 0 Å². The van der Waals surface area contributed by atoms with Crippen molar-refractivity contribution in [1.82, 2.24) is 0 Å². The molecule has 0 radical (unpaired) electrons. The van der Waals surface area contributed by atoms with Gasteiger partial charge in [-0.2, -0.15) is 0 Å². The van der Waals surface area contributed by atoms with Gasteiger partial charge in [-0.25, -0.2) is 0 Å². The van der Waals surface area contributed by atoms with E-state index >= 15 is 0 Å². The summed E-state index contributed by atoms with van der Waals surface area (Å²) >= 11 is 9.01. The third-order valence-electron chi connectivity index (χ3n) is 1.69. The largest absolute Gasteiger partial charge is 0.481 e. The fourth-order valence-corrected chi connectivity index (χ4v) is 1.67. The molecule has 1 aromatic carbocycles. The monoisotopic (exact) mass is 278 g/mol. The van der Waals surface area contributed by atoms with Crippen LogP contribution in [0.15, 0.2) is 22.7 Å². The summed E-state index contributed by atoms with van der Waals surface area (Å²) in [7, 11) is 0. The number of rotatable bonds is 3. The normalized spacial score (nSPS) is 12.5. The molecule has 0 saturated heterocycles. The molecule has 0 unspecified atom stereocenters. The van der Waals surface area contributed by atoms with Crippen molar-refractivity contribution in [3.8, 4) is 0 Å². The Kier molecular flexibility index (Phi) is 3.92. The summed E-state index contributed by atoms with van der Waals surface area (Å²) in [6.45, 7) is 0. The Labute approximate surface area is 94.4 Å². The van der Waals surface area contributed by atoms with Gasteiger partial charge < -0.3 is 10.2 Å². The second-order valence-electron chi connectivity index (χ2n) is 2.78. The highest BCUT2D eigenvalue weighted by Gasteiger charge is 2.15. The van der Waals surface area contributed by atoms with Gasteiger partial charge in [0.2, 0.25) is 0 Å². The van der Waals surface area contributed by atoms with Crippen LogP contribution in [0, 0.1) is 0 Å². The lowest BCUT2D eigenvalue weighted by Crippen LogP contribution is -2.05. The maximum Gasteiger partial charge on any atom is 0.306 e. The fourth-order valence-electron chi connectivity index (χ4n) is 1.05. The van der Waals surface area contributed by atoms with E-state index in [9.17, 15) is 9.90 Å². The van der Waals surface area contributed by atoms with Crippen LogP contribution >= 0.6 is 27.5 Å². The van der Waals surface area contributed by atoms with Crippen LogP contribution in [-0.4, -0.2) is 16.2 Å². The topological polar surface area (TPSA) is 57.5 Å². The zero-order chi connectivity index (χ0) is 10.7. The van der Waals surface area contributed by atoms with Crippen LogP contribution < -0.4 is 0 Å². The fraction of sp³-hybridized carbons (Fsp3) is 0.222. The van der Waals surface area contributed by atoms with Gasteiger partial charge in [0.25, 0.3) is 0 Å². The first-order chi connectivity index (χ1) is 6.50. The maximum absolute atomic E-state index is 10.4. The van der Waals surface area contributed by atoms with Gasteiger partial charge in [0.1, 0.15) is 0 Å². The molecule has 1 atom stereocenters. The van der Waals surface area contributed by atoms with Gasteiger partial charge in [-0.1, -0.05) is 27.5 Å². The third-order valence-corrected chi connectivity index (χ3v) is 2.52. The number of aliphatic carboxylic acids is 1. The van der Waals surface area contributed by atoms with Gasteiger partial charge in [-0.05, 0) is 18.2 Å². The molecule has 0 aromatic heterocycles. The molecule has 1 aromatic rings. The molecule has 0 saturated carbocycles. The Balaban J connectivity index is 2.93. The minimum absolute atomic E-state index is 0.351. The van der Waals surface area contributed by atoms with Crippen LogP contribution in [0.1, 0.15) is 18.1 Å². The van der Waals surface area contributed by atoms with Crippen LogP contribution in [0.25, 0.3) is 0 Å². The molecule has 0 aliphatic heterocycles. The highest BCUT2D eigenvalue weighted by Crippen LogP contribution is 2.28. The Morgan fingerprint density at radius 1 is 1.57 bits per heavy atom. The maximum atomic E-state index is 10.4. The van der Waals surface area contributed by atoms with Crippen LogP contribution in [-0.2, 0) is 4.79 Å². The average Bonchev–Trinajstić information content (AvgIpc) is 2.08. The van der Waals surface area contributed by atoms with E-state index in [2.05, 4.69) is 15.9 Å². The summed E-state index contributed by atoms with van der Waals surface area (Å²) in [4.78, 5) is 10.4. The molecule has 0 amide bonds. The van der Waals surface area contributed by atoms with E-state index < -0.39 is 12.1 Å². The number of aliphatic hydroxyl groups is 1. The highest BCUT2D eigenvalue weighted by molar-refractivity contribution is 9.10. The molecule has 14 heavy (non-hydrogen) atoms. The minimum atomic E-state index is -1.07. The SMILES string of the molecule is O=C(O)C[C@@H](O)c1cc(Br)ccc1Cl. The first-order valence-electron chi connectivity index (χ1n) is 3.85. The van der Waals surface area contributed by atoms with Crippen molar-refractivity contribution in [3.63, 3.8) is 0 Å². The van der Waals surface area contributed by atoms with E-state index in [4.69, 9.17) is 16.7 Å². The van der Waals surface area contributed by atoms with Crippen molar-refractivity contribution in [1.29, 1.82) is 0 Å². The average molecular weight is 280 g/mol. The lowest BCUT2D eigenvalue weighted by Gasteiger charge is -2.10. The first-order valence-corrected chi connectivity index (χ1v) is 5.02. The minimum Gasteiger partial charge on any atom is -0.481 e. The van der Waals surface area contributed by atoms with Gasteiger partial charge in [0, 0.05) is 15.1 Å². The molecule has 5 heteroatoms. The van der Waals surface area contributed by atoms with Crippen molar-refractivity contribution >= 4 is 33.5 Å². The molecule has 2 N–H and O–H groups in total. The number of benzene rings is 1. The second-order valence-corrected chi connectivity index (χ2v) is 4.10. The van der Waals surface area contributed by atoms with Crippen molar-refractivity contribution in [3.05, 3.63) is 33.3 Å². The van der Waals surface area contributed by atoms with Gasteiger partial charge in [-0.15, -0.1) is 0 Å². The van der Waals surface area contributed by atoms with E-state index in [1.54, 1.807) is 18.2 Å². The van der Waals surface area contributed by atoms with E-state index in [1.165, 1.54) is 0 Å². The quantitative estimate of drug-likeness (QED) is 0.894. The number of aliphatic hydroxyl groups excluding tert-OH is 1. The van der Waals surface area contributed by atoms with Crippen LogP contribution in [0.2, 0.25) is 5.02 Å².